The van der Waals surface area contributed by atoms with Gasteiger partial charge in [0.25, 0.3) is 0 Å². The molecule has 1 aromatic rings. The van der Waals surface area contributed by atoms with E-state index in [0.717, 1.165) is 0 Å². The Bertz CT molecular complexity index is 556. The number of nitrogens with zero attached hydrogens (tertiary/aromatic N) is 1. The van der Waals surface area contributed by atoms with E-state index in [1.54, 1.807) is 0 Å². The van der Waals surface area contributed by atoms with E-state index >= 15 is 0 Å². The number of benzene rings is 1. The number of piperidine rings is 1. The van der Waals surface area contributed by atoms with Crippen LogP contribution in [-0.2, 0) is 0 Å². The van der Waals surface area contributed by atoms with Gasteiger partial charge in [-0.1, -0.05) is 11.6 Å². The number of aliphatic hydroxyl groups is 1. The number of ether oxygens (including phenoxy) is 1. The van der Waals surface area contributed by atoms with Gasteiger partial charge in [0.2, 0.25) is 0 Å². The highest BCUT2D eigenvalue weighted by molar-refractivity contribution is 6.30. The number of carbonyl (C=O) groups is 1. The molecule has 0 saturated carbocycles. The second kappa shape index (κ2) is 9.03. The van der Waals surface area contributed by atoms with Crippen molar-refractivity contribution in [2.24, 2.45) is 0 Å². The van der Waals surface area contributed by atoms with E-state index in [2.05, 4.69) is 10.7 Å². The van der Waals surface area contributed by atoms with E-state index in [1.807, 2.05) is 5.01 Å². The molecule has 0 bridgehead atoms. The van der Waals surface area contributed by atoms with Gasteiger partial charge in [-0.25, -0.2) is 14.2 Å². The number of nitrogens with one attached hydrogen (secondary N) is 2. The third-order valence-electron chi connectivity index (χ3n) is 3.71. The van der Waals surface area contributed by atoms with Crippen LogP contribution in [0.3, 0.4) is 0 Å². The van der Waals surface area contributed by atoms with Crippen LogP contribution in [0.5, 0.6) is 5.75 Å². The van der Waals surface area contributed by atoms with Crippen molar-refractivity contribution in [1.29, 1.82) is 0 Å². The summed E-state index contributed by atoms with van der Waals surface area (Å²) in [6.07, 6.45) is -0.363. The fourth-order valence-electron chi connectivity index (χ4n) is 2.41. The molecule has 1 aliphatic rings. The third kappa shape index (κ3) is 6.12. The first-order valence-electron chi connectivity index (χ1n) is 7.68. The summed E-state index contributed by atoms with van der Waals surface area (Å²) in [5, 5.41) is 23.0. The zero-order valence-corrected chi connectivity index (χ0v) is 13.8. The Morgan fingerprint density at radius 1 is 1.46 bits per heavy atom. The molecule has 1 amide bonds. The minimum atomic E-state index is -1.01. The number of carboxylic acid groups (broad SMARTS) is 1. The largest absolute Gasteiger partial charge is 0.491 e. The maximum absolute atomic E-state index is 13.3. The number of hydrogen-bond donors (Lipinski definition) is 4. The summed E-state index contributed by atoms with van der Waals surface area (Å²) in [6.45, 7) is 1.67. The van der Waals surface area contributed by atoms with E-state index in [4.69, 9.17) is 21.4 Å². The van der Waals surface area contributed by atoms with Gasteiger partial charge < -0.3 is 20.3 Å². The van der Waals surface area contributed by atoms with Gasteiger partial charge in [0, 0.05) is 31.7 Å². The average Bonchev–Trinajstić information content (AvgIpc) is 2.55. The smallest absolute Gasteiger partial charge is 0.404 e. The normalized spacial score (nSPS) is 17.5. The number of rotatable bonds is 7. The quantitative estimate of drug-likeness (QED) is 0.587. The first-order chi connectivity index (χ1) is 11.4. The molecule has 1 aliphatic heterocycles. The molecule has 0 spiro atoms. The third-order valence-corrected chi connectivity index (χ3v) is 4.01. The molecular formula is C15H21ClFN3O4. The molecule has 0 unspecified atom stereocenters. The van der Waals surface area contributed by atoms with Gasteiger partial charge in [0.05, 0.1) is 5.02 Å². The summed E-state index contributed by atoms with van der Waals surface area (Å²) in [5.74, 6) is -0.267. The Morgan fingerprint density at radius 2 is 2.17 bits per heavy atom. The lowest BCUT2D eigenvalue weighted by molar-refractivity contribution is 0.0639. The van der Waals surface area contributed by atoms with Crippen LogP contribution in [0.25, 0.3) is 0 Å². The molecule has 1 atom stereocenters. The maximum Gasteiger partial charge on any atom is 0.404 e. The maximum atomic E-state index is 13.3. The Morgan fingerprint density at radius 3 is 2.79 bits per heavy atom. The van der Waals surface area contributed by atoms with Crippen molar-refractivity contribution in [3.63, 3.8) is 0 Å². The van der Waals surface area contributed by atoms with Gasteiger partial charge in [0.1, 0.15) is 24.3 Å². The van der Waals surface area contributed by atoms with Gasteiger partial charge in [-0.2, -0.15) is 0 Å². The molecule has 2 rings (SSSR count). The summed E-state index contributed by atoms with van der Waals surface area (Å²) >= 11 is 5.58. The second-order valence-corrected chi connectivity index (χ2v) is 6.02. The van der Waals surface area contributed by atoms with E-state index < -0.39 is 18.0 Å². The minimum absolute atomic E-state index is 0.0188. The fourth-order valence-corrected chi connectivity index (χ4v) is 2.53. The monoisotopic (exact) mass is 361 g/mol. The number of hydrazine groups is 1. The Balaban J connectivity index is 1.64. The van der Waals surface area contributed by atoms with Crippen LogP contribution in [-0.4, -0.2) is 59.7 Å². The van der Waals surface area contributed by atoms with Gasteiger partial charge in [-0.15, -0.1) is 0 Å². The van der Waals surface area contributed by atoms with Crippen molar-refractivity contribution in [2.45, 2.75) is 25.0 Å². The van der Waals surface area contributed by atoms with E-state index in [0.29, 0.717) is 31.7 Å². The number of amides is 1. The molecule has 7 nitrogen and oxygen atoms in total. The van der Waals surface area contributed by atoms with Crippen molar-refractivity contribution < 1.29 is 24.1 Å². The van der Waals surface area contributed by atoms with E-state index in [1.165, 1.54) is 18.2 Å². The summed E-state index contributed by atoms with van der Waals surface area (Å²) in [7, 11) is 0. The van der Waals surface area contributed by atoms with E-state index in [-0.39, 0.29) is 24.2 Å². The number of halogens is 2. The average molecular weight is 362 g/mol. The fraction of sp³-hybridized carbons (Fsp3) is 0.533. The first-order valence-corrected chi connectivity index (χ1v) is 8.05. The van der Waals surface area contributed by atoms with Crippen molar-refractivity contribution in [1.82, 2.24) is 15.8 Å². The van der Waals surface area contributed by atoms with Crippen LogP contribution in [0, 0.1) is 5.82 Å². The van der Waals surface area contributed by atoms with Gasteiger partial charge in [-0.05, 0) is 25.0 Å². The molecular weight excluding hydrogens is 341 g/mol. The molecule has 9 heteroatoms. The molecule has 4 N–H and O–H groups in total. The van der Waals surface area contributed by atoms with Crippen molar-refractivity contribution in [3.05, 3.63) is 29.0 Å². The molecule has 24 heavy (non-hydrogen) atoms. The molecule has 0 aliphatic carbocycles. The molecule has 134 valence electrons. The summed E-state index contributed by atoms with van der Waals surface area (Å²) in [6, 6.07) is 4.06. The highest BCUT2D eigenvalue weighted by Gasteiger charge is 2.20. The van der Waals surface area contributed by atoms with Crippen LogP contribution in [0.1, 0.15) is 12.8 Å². The second-order valence-electron chi connectivity index (χ2n) is 5.61. The van der Waals surface area contributed by atoms with Crippen LogP contribution in [0.2, 0.25) is 5.02 Å². The molecule has 1 saturated heterocycles. The molecule has 0 radical (unpaired) electrons. The Hall–Kier alpha value is -1.61. The predicted octanol–water partition coefficient (Wildman–Crippen LogP) is 1.46. The minimum Gasteiger partial charge on any atom is -0.491 e. The standard InChI is InChI=1S/C15H21ClFN3O4/c16-13-2-1-12(7-14(13)17)24-9-11(21)8-18-20-5-3-10(4-6-20)19-15(22)23/h1-2,7,10-11,18-19,21H,3-6,8-9H2,(H,22,23)/t11-/m0/s1. The molecule has 0 aromatic heterocycles. The SMILES string of the molecule is O=C(O)NC1CCN(NC[C@H](O)COc2ccc(Cl)c(F)c2)CC1. The van der Waals surface area contributed by atoms with Crippen LogP contribution >= 0.6 is 11.6 Å². The van der Waals surface area contributed by atoms with Crippen molar-refractivity contribution >= 4 is 17.7 Å². The summed E-state index contributed by atoms with van der Waals surface area (Å²) in [4.78, 5) is 10.6. The first kappa shape index (κ1) is 18.7. The Kier molecular flexibility index (Phi) is 7.04. The lowest BCUT2D eigenvalue weighted by atomic mass is 10.1. The number of hydrogen-bond acceptors (Lipinski definition) is 5. The van der Waals surface area contributed by atoms with Crippen molar-refractivity contribution in [3.8, 4) is 5.75 Å². The molecule has 1 fully saturated rings. The lowest BCUT2D eigenvalue weighted by Gasteiger charge is -2.32. The summed E-state index contributed by atoms with van der Waals surface area (Å²) < 4.78 is 18.6. The number of aliphatic hydroxyl groups excluding tert-OH is 1. The van der Waals surface area contributed by atoms with Gasteiger partial charge in [-0.3, -0.25) is 5.43 Å². The Labute approximate surface area is 144 Å². The zero-order valence-electron chi connectivity index (χ0n) is 13.0. The van der Waals surface area contributed by atoms with Gasteiger partial charge in [0.15, 0.2) is 0 Å². The van der Waals surface area contributed by atoms with E-state index in [9.17, 15) is 14.3 Å². The topological polar surface area (TPSA) is 94.1 Å². The molecule has 1 aromatic carbocycles. The predicted molar refractivity (Wildman–Crippen MR) is 86.7 cm³/mol. The van der Waals surface area contributed by atoms with Gasteiger partial charge >= 0.3 is 6.09 Å². The van der Waals surface area contributed by atoms with Crippen LogP contribution < -0.4 is 15.5 Å². The van der Waals surface area contributed by atoms with Crippen LogP contribution in [0.4, 0.5) is 9.18 Å². The van der Waals surface area contributed by atoms with Crippen LogP contribution in [0.15, 0.2) is 18.2 Å². The lowest BCUT2D eigenvalue weighted by Crippen LogP contribution is -2.51. The highest BCUT2D eigenvalue weighted by Crippen LogP contribution is 2.20. The summed E-state index contributed by atoms with van der Waals surface area (Å²) in [5.41, 5.74) is 3.08. The highest BCUT2D eigenvalue weighted by atomic mass is 35.5. The van der Waals surface area contributed by atoms with Crippen molar-refractivity contribution in [2.75, 3.05) is 26.2 Å². The zero-order chi connectivity index (χ0) is 17.5. The molecule has 1 heterocycles.